The molecule has 0 fully saturated rings. The van der Waals surface area contributed by atoms with Gasteiger partial charge in [0.25, 0.3) is 0 Å². The van der Waals surface area contributed by atoms with E-state index < -0.39 is 17.3 Å². The molecule has 0 amide bonds. The van der Waals surface area contributed by atoms with Gasteiger partial charge in [0, 0.05) is 18.1 Å². The van der Waals surface area contributed by atoms with Crippen molar-refractivity contribution in [2.75, 3.05) is 6.61 Å². The van der Waals surface area contributed by atoms with E-state index in [-0.39, 0.29) is 18.1 Å². The third-order valence-corrected chi connectivity index (χ3v) is 1.93. The molecule has 0 heterocycles. The Hall–Kier alpha value is -1.29. The lowest BCUT2D eigenvalue weighted by atomic mass is 10.0. The van der Waals surface area contributed by atoms with E-state index in [0.717, 1.165) is 6.07 Å². The van der Waals surface area contributed by atoms with Crippen LogP contribution < -0.4 is 0 Å². The Balaban J connectivity index is 3.18. The van der Waals surface area contributed by atoms with Crippen LogP contribution in [0.5, 0.6) is 11.5 Å². The van der Waals surface area contributed by atoms with E-state index in [4.69, 9.17) is 10.2 Å². The van der Waals surface area contributed by atoms with Crippen molar-refractivity contribution in [3.63, 3.8) is 0 Å². The van der Waals surface area contributed by atoms with Gasteiger partial charge in [-0.25, -0.2) is 0 Å². The van der Waals surface area contributed by atoms with Gasteiger partial charge in [0.2, 0.25) is 5.82 Å². The third-order valence-electron chi connectivity index (χ3n) is 1.93. The maximum Gasteiger partial charge on any atom is 0.206 e. The van der Waals surface area contributed by atoms with Crippen LogP contribution in [0.3, 0.4) is 0 Å². The van der Waals surface area contributed by atoms with E-state index in [0.29, 0.717) is 0 Å². The molecule has 0 aliphatic carbocycles. The molecule has 1 aromatic carbocycles. The fraction of sp³-hybridized carbons (Fsp3) is 0.333. The molecule has 1 rings (SSSR count). The van der Waals surface area contributed by atoms with Crippen LogP contribution in [0.25, 0.3) is 0 Å². The zero-order valence-electron chi connectivity index (χ0n) is 7.16. The highest BCUT2D eigenvalue weighted by Gasteiger charge is 2.15. The highest BCUT2D eigenvalue weighted by Crippen LogP contribution is 2.32. The third kappa shape index (κ3) is 1.72. The first-order chi connectivity index (χ1) is 6.07. The number of rotatable bonds is 2. The summed E-state index contributed by atoms with van der Waals surface area (Å²) < 4.78 is 12.9. The first kappa shape index (κ1) is 9.80. The molecule has 0 aliphatic rings. The van der Waals surface area contributed by atoms with Crippen LogP contribution in [0.1, 0.15) is 18.4 Å². The number of aliphatic hydroxyl groups is 1. The lowest BCUT2D eigenvalue weighted by Crippen LogP contribution is -2.00. The average molecular weight is 186 g/mol. The Morgan fingerprint density at radius 2 is 2.00 bits per heavy atom. The SMILES string of the molecule is CC(CO)c1ccc(O)c(F)c1O. The molecule has 1 atom stereocenters. The van der Waals surface area contributed by atoms with Gasteiger partial charge in [0.1, 0.15) is 0 Å². The van der Waals surface area contributed by atoms with Crippen molar-refractivity contribution in [2.24, 2.45) is 0 Å². The number of hydrogen-bond donors (Lipinski definition) is 3. The summed E-state index contributed by atoms with van der Waals surface area (Å²) in [7, 11) is 0. The van der Waals surface area contributed by atoms with Gasteiger partial charge in [-0.2, -0.15) is 4.39 Å². The maximum atomic E-state index is 12.9. The minimum Gasteiger partial charge on any atom is -0.505 e. The van der Waals surface area contributed by atoms with E-state index in [9.17, 15) is 9.50 Å². The summed E-state index contributed by atoms with van der Waals surface area (Å²) in [6.45, 7) is 1.46. The minimum atomic E-state index is -1.04. The summed E-state index contributed by atoms with van der Waals surface area (Å²) in [5.74, 6) is -2.58. The molecule has 0 aromatic heterocycles. The normalized spacial score (nSPS) is 12.8. The summed E-state index contributed by atoms with van der Waals surface area (Å²) in [4.78, 5) is 0. The minimum absolute atomic E-state index is 0.183. The molecule has 3 nitrogen and oxygen atoms in total. The first-order valence-corrected chi connectivity index (χ1v) is 3.89. The first-order valence-electron chi connectivity index (χ1n) is 3.89. The molecule has 4 heteroatoms. The molecule has 0 aliphatic heterocycles. The molecule has 0 saturated carbocycles. The smallest absolute Gasteiger partial charge is 0.206 e. The topological polar surface area (TPSA) is 60.7 Å². The van der Waals surface area contributed by atoms with Crippen molar-refractivity contribution in [2.45, 2.75) is 12.8 Å². The Labute approximate surface area is 75.1 Å². The largest absolute Gasteiger partial charge is 0.505 e. The monoisotopic (exact) mass is 186 g/mol. The van der Waals surface area contributed by atoms with Crippen molar-refractivity contribution in [3.05, 3.63) is 23.5 Å². The van der Waals surface area contributed by atoms with Crippen LogP contribution in [0.4, 0.5) is 4.39 Å². The summed E-state index contributed by atoms with van der Waals surface area (Å²) in [5, 5.41) is 26.9. The van der Waals surface area contributed by atoms with Crippen LogP contribution in [0.15, 0.2) is 12.1 Å². The van der Waals surface area contributed by atoms with Gasteiger partial charge in [-0.05, 0) is 6.07 Å². The fourth-order valence-electron chi connectivity index (χ4n) is 1.06. The van der Waals surface area contributed by atoms with E-state index in [1.54, 1.807) is 6.92 Å². The van der Waals surface area contributed by atoms with Crippen molar-refractivity contribution < 1.29 is 19.7 Å². The van der Waals surface area contributed by atoms with Gasteiger partial charge in [0.05, 0.1) is 0 Å². The number of phenols is 2. The maximum absolute atomic E-state index is 12.9. The van der Waals surface area contributed by atoms with Crippen LogP contribution in [0.2, 0.25) is 0 Å². The summed E-state index contributed by atoms with van der Waals surface area (Å²) in [6, 6.07) is 2.53. The molecule has 0 radical (unpaired) electrons. The predicted octanol–water partition coefficient (Wildman–Crippen LogP) is 1.33. The van der Waals surface area contributed by atoms with Gasteiger partial charge in [0.15, 0.2) is 11.5 Å². The second-order valence-electron chi connectivity index (χ2n) is 2.92. The van der Waals surface area contributed by atoms with Crippen molar-refractivity contribution >= 4 is 0 Å². The van der Waals surface area contributed by atoms with Crippen LogP contribution in [-0.4, -0.2) is 21.9 Å². The molecule has 0 spiro atoms. The second-order valence-corrected chi connectivity index (χ2v) is 2.92. The van der Waals surface area contributed by atoms with Crippen molar-refractivity contribution in [3.8, 4) is 11.5 Å². The Kier molecular flexibility index (Phi) is 2.72. The zero-order valence-corrected chi connectivity index (χ0v) is 7.16. The summed E-state index contributed by atoms with van der Waals surface area (Å²) >= 11 is 0. The van der Waals surface area contributed by atoms with Crippen molar-refractivity contribution in [1.29, 1.82) is 0 Å². The quantitative estimate of drug-likeness (QED) is 0.653. The summed E-state index contributed by atoms with van der Waals surface area (Å²) in [5.41, 5.74) is 0.290. The van der Waals surface area contributed by atoms with E-state index >= 15 is 0 Å². The molecule has 0 bridgehead atoms. The number of halogens is 1. The van der Waals surface area contributed by atoms with E-state index in [1.165, 1.54) is 6.07 Å². The molecule has 1 aromatic rings. The van der Waals surface area contributed by atoms with Gasteiger partial charge < -0.3 is 15.3 Å². The van der Waals surface area contributed by atoms with Crippen LogP contribution in [-0.2, 0) is 0 Å². The van der Waals surface area contributed by atoms with Gasteiger partial charge in [-0.3, -0.25) is 0 Å². The standard InChI is InChI=1S/C9H11FO3/c1-5(4-11)6-2-3-7(12)8(10)9(6)13/h2-3,5,11-13H,4H2,1H3. The average Bonchev–Trinajstić information content (AvgIpc) is 2.13. The molecular weight excluding hydrogens is 175 g/mol. The molecule has 13 heavy (non-hydrogen) atoms. The van der Waals surface area contributed by atoms with Gasteiger partial charge in [-0.15, -0.1) is 0 Å². The zero-order chi connectivity index (χ0) is 10.0. The number of hydrogen-bond acceptors (Lipinski definition) is 3. The highest BCUT2D eigenvalue weighted by molar-refractivity contribution is 5.42. The fourth-order valence-corrected chi connectivity index (χ4v) is 1.06. The second kappa shape index (κ2) is 3.62. The Bertz CT molecular complexity index is 312. The van der Waals surface area contributed by atoms with E-state index in [1.807, 2.05) is 0 Å². The van der Waals surface area contributed by atoms with E-state index in [2.05, 4.69) is 0 Å². The number of phenolic OH excluding ortho intramolecular Hbond substituents is 2. The Morgan fingerprint density at radius 1 is 1.38 bits per heavy atom. The molecular formula is C9H11FO3. The lowest BCUT2D eigenvalue weighted by Gasteiger charge is -2.11. The predicted molar refractivity (Wildman–Crippen MR) is 45.2 cm³/mol. The molecule has 1 unspecified atom stereocenters. The number of benzene rings is 1. The summed E-state index contributed by atoms with van der Waals surface area (Å²) in [6.07, 6.45) is 0. The molecule has 3 N–H and O–H groups in total. The van der Waals surface area contributed by atoms with Gasteiger partial charge >= 0.3 is 0 Å². The van der Waals surface area contributed by atoms with Crippen molar-refractivity contribution in [1.82, 2.24) is 0 Å². The highest BCUT2D eigenvalue weighted by atomic mass is 19.1. The number of aliphatic hydroxyl groups excluding tert-OH is 1. The van der Waals surface area contributed by atoms with Crippen LogP contribution >= 0.6 is 0 Å². The Morgan fingerprint density at radius 3 is 2.54 bits per heavy atom. The molecule has 0 saturated heterocycles. The lowest BCUT2D eigenvalue weighted by molar-refractivity contribution is 0.269. The van der Waals surface area contributed by atoms with Crippen LogP contribution in [0, 0.1) is 5.82 Å². The van der Waals surface area contributed by atoms with Gasteiger partial charge in [-0.1, -0.05) is 13.0 Å². The number of aromatic hydroxyl groups is 2. The molecule has 72 valence electrons.